The Labute approximate surface area is 200 Å². The maximum Gasteiger partial charge on any atom is 0.148 e. The largest absolute Gasteiger partial charge is 0.499 e. The number of rotatable bonds is 12. The second-order valence-electron chi connectivity index (χ2n) is 7.28. The zero-order valence-electron chi connectivity index (χ0n) is 19.9. The number of hydrogen-bond acceptors (Lipinski definition) is 8. The Balaban J connectivity index is 1.65. The van der Waals surface area contributed by atoms with Crippen molar-refractivity contribution in [1.29, 1.82) is 0 Å². The average molecular weight is 459 g/mol. The van der Waals surface area contributed by atoms with E-state index in [9.17, 15) is 0 Å². The molecule has 0 aliphatic heterocycles. The van der Waals surface area contributed by atoms with Crippen LogP contribution >= 0.6 is 0 Å². The molecule has 0 aliphatic carbocycles. The van der Waals surface area contributed by atoms with Gasteiger partial charge >= 0.3 is 0 Å². The first kappa shape index (κ1) is 24.6. The van der Waals surface area contributed by atoms with Crippen molar-refractivity contribution in [3.63, 3.8) is 0 Å². The Kier molecular flexibility index (Phi) is 9.28. The molecule has 0 fully saturated rings. The molecule has 8 nitrogen and oxygen atoms in total. The first-order valence-corrected chi connectivity index (χ1v) is 11.2. The summed E-state index contributed by atoms with van der Waals surface area (Å²) in [7, 11) is 1.59. The summed E-state index contributed by atoms with van der Waals surface area (Å²) in [6, 6.07) is 17.0. The molecular weight excluding hydrogens is 428 g/mol. The van der Waals surface area contributed by atoms with E-state index in [0.717, 1.165) is 36.6 Å². The van der Waals surface area contributed by atoms with Crippen LogP contribution in [0, 0.1) is 0 Å². The third-order valence-electron chi connectivity index (χ3n) is 4.99. The van der Waals surface area contributed by atoms with Crippen molar-refractivity contribution in [2.24, 2.45) is 20.5 Å². The van der Waals surface area contributed by atoms with E-state index < -0.39 is 0 Å². The predicted molar refractivity (Wildman–Crippen MR) is 135 cm³/mol. The maximum absolute atomic E-state index is 5.45. The first-order chi connectivity index (χ1) is 16.6. The van der Waals surface area contributed by atoms with E-state index in [-0.39, 0.29) is 0 Å². The Morgan fingerprint density at radius 1 is 0.882 bits per heavy atom. The summed E-state index contributed by atoms with van der Waals surface area (Å²) in [5.41, 5.74) is 3.86. The molecule has 176 valence electrons. The van der Waals surface area contributed by atoms with Crippen LogP contribution in [0.2, 0.25) is 0 Å². The molecule has 1 heterocycles. The molecule has 0 spiro atoms. The fourth-order valence-corrected chi connectivity index (χ4v) is 3.18. The van der Waals surface area contributed by atoms with E-state index >= 15 is 0 Å². The molecule has 34 heavy (non-hydrogen) atoms. The lowest BCUT2D eigenvalue weighted by Crippen LogP contribution is -2.24. The second kappa shape index (κ2) is 12.8. The summed E-state index contributed by atoms with van der Waals surface area (Å²) in [6.45, 7) is 10.4. The molecule has 3 rings (SSSR count). The number of methoxy groups -OCH3 is 1. The molecule has 0 N–H and O–H groups in total. The van der Waals surface area contributed by atoms with Crippen LogP contribution in [0.5, 0.6) is 5.75 Å². The summed E-state index contributed by atoms with van der Waals surface area (Å²) in [5.74, 6) is 1.38. The zero-order valence-corrected chi connectivity index (χ0v) is 19.9. The van der Waals surface area contributed by atoms with E-state index in [1.807, 2.05) is 37.3 Å². The van der Waals surface area contributed by atoms with Crippen LogP contribution in [0.25, 0.3) is 0 Å². The van der Waals surface area contributed by atoms with Crippen LogP contribution in [0.15, 0.2) is 99.8 Å². The van der Waals surface area contributed by atoms with Gasteiger partial charge in [-0.05, 0) is 62.4 Å². The van der Waals surface area contributed by atoms with Gasteiger partial charge in [-0.1, -0.05) is 6.58 Å². The van der Waals surface area contributed by atoms with E-state index in [2.05, 4.69) is 43.8 Å². The van der Waals surface area contributed by atoms with E-state index in [1.54, 1.807) is 43.8 Å². The molecule has 8 heteroatoms. The van der Waals surface area contributed by atoms with Crippen molar-refractivity contribution in [1.82, 2.24) is 4.98 Å². The highest BCUT2D eigenvalue weighted by Gasteiger charge is 2.07. The molecule has 0 radical (unpaired) electrons. The summed E-state index contributed by atoms with van der Waals surface area (Å²) in [6.07, 6.45) is 4.13. The standard InChI is InChI=1S/C26H30N6O2/c1-5-32(18-15-20(3)34-6-2)24-10-7-21(8-11-24)28-30-23-9-12-25(26(19-23)33-4)31-29-22-13-16-27-17-14-22/h7-14,16-17,19H,3,5-6,15,18H2,1-2,4H3. The average Bonchev–Trinajstić information content (AvgIpc) is 2.88. The zero-order chi connectivity index (χ0) is 24.2. The van der Waals surface area contributed by atoms with Gasteiger partial charge in [0.1, 0.15) is 11.4 Å². The summed E-state index contributed by atoms with van der Waals surface area (Å²) in [4.78, 5) is 6.24. The highest BCUT2D eigenvalue weighted by molar-refractivity contribution is 5.59. The highest BCUT2D eigenvalue weighted by Crippen LogP contribution is 2.33. The molecule has 0 bridgehead atoms. The van der Waals surface area contributed by atoms with Gasteiger partial charge in [0.15, 0.2) is 0 Å². The van der Waals surface area contributed by atoms with Crippen molar-refractivity contribution in [2.75, 3.05) is 31.7 Å². The minimum atomic E-state index is 0.567. The lowest BCUT2D eigenvalue weighted by Gasteiger charge is -2.23. The third-order valence-corrected chi connectivity index (χ3v) is 4.99. The van der Waals surface area contributed by atoms with Gasteiger partial charge < -0.3 is 14.4 Å². The minimum Gasteiger partial charge on any atom is -0.499 e. The number of hydrogen-bond donors (Lipinski definition) is 0. The van der Waals surface area contributed by atoms with Gasteiger partial charge in [0.05, 0.1) is 36.5 Å². The van der Waals surface area contributed by atoms with Gasteiger partial charge in [-0.3, -0.25) is 4.98 Å². The summed E-state index contributed by atoms with van der Waals surface area (Å²) in [5, 5.41) is 17.2. The van der Waals surface area contributed by atoms with Crippen molar-refractivity contribution >= 4 is 28.4 Å². The Bertz CT molecular complexity index is 1110. The van der Waals surface area contributed by atoms with Crippen LogP contribution in [0.4, 0.5) is 28.4 Å². The van der Waals surface area contributed by atoms with Crippen LogP contribution in [-0.2, 0) is 4.74 Å². The van der Waals surface area contributed by atoms with Gasteiger partial charge in [0.25, 0.3) is 0 Å². The number of aromatic nitrogens is 1. The molecule has 0 aliphatic rings. The van der Waals surface area contributed by atoms with Crippen LogP contribution < -0.4 is 9.64 Å². The lowest BCUT2D eigenvalue weighted by atomic mass is 10.2. The second-order valence-corrected chi connectivity index (χ2v) is 7.28. The van der Waals surface area contributed by atoms with E-state index in [1.165, 1.54) is 0 Å². The smallest absolute Gasteiger partial charge is 0.148 e. The Morgan fingerprint density at radius 2 is 1.53 bits per heavy atom. The topological polar surface area (TPSA) is 84.0 Å². The molecule has 0 saturated heterocycles. The van der Waals surface area contributed by atoms with Gasteiger partial charge in [-0.25, -0.2) is 0 Å². The van der Waals surface area contributed by atoms with Crippen molar-refractivity contribution < 1.29 is 9.47 Å². The van der Waals surface area contributed by atoms with E-state index in [0.29, 0.717) is 29.4 Å². The lowest BCUT2D eigenvalue weighted by molar-refractivity contribution is 0.221. The maximum atomic E-state index is 5.45. The highest BCUT2D eigenvalue weighted by atomic mass is 16.5. The number of azo groups is 2. The van der Waals surface area contributed by atoms with Crippen LogP contribution in [-0.4, -0.2) is 31.8 Å². The molecule has 0 amide bonds. The molecule has 2 aromatic carbocycles. The normalized spacial score (nSPS) is 11.1. The van der Waals surface area contributed by atoms with Crippen molar-refractivity contribution in [3.8, 4) is 5.75 Å². The van der Waals surface area contributed by atoms with Crippen molar-refractivity contribution in [2.45, 2.75) is 20.3 Å². The SMILES string of the molecule is C=C(CCN(CC)c1ccc(N=Nc2ccc(N=Nc3ccncc3)c(OC)c2)cc1)OCC. The molecule has 0 saturated carbocycles. The number of anilines is 1. The molecule has 3 aromatic rings. The van der Waals surface area contributed by atoms with Crippen LogP contribution in [0.3, 0.4) is 0 Å². The third kappa shape index (κ3) is 7.23. The molecule has 1 aromatic heterocycles. The monoisotopic (exact) mass is 458 g/mol. The number of nitrogens with zero attached hydrogens (tertiary/aromatic N) is 6. The molecule has 0 unspecified atom stereocenters. The minimum absolute atomic E-state index is 0.567. The van der Waals surface area contributed by atoms with Gasteiger partial charge in [0, 0.05) is 43.7 Å². The fraction of sp³-hybridized carbons (Fsp3) is 0.269. The summed E-state index contributed by atoms with van der Waals surface area (Å²) < 4.78 is 10.9. The predicted octanol–water partition coefficient (Wildman–Crippen LogP) is 7.69. The first-order valence-electron chi connectivity index (χ1n) is 11.2. The van der Waals surface area contributed by atoms with Gasteiger partial charge in [-0.2, -0.15) is 15.3 Å². The van der Waals surface area contributed by atoms with Gasteiger partial charge in [-0.15, -0.1) is 5.11 Å². The van der Waals surface area contributed by atoms with Crippen LogP contribution in [0.1, 0.15) is 20.3 Å². The summed E-state index contributed by atoms with van der Waals surface area (Å²) >= 11 is 0. The van der Waals surface area contributed by atoms with E-state index in [4.69, 9.17) is 9.47 Å². The van der Waals surface area contributed by atoms with Gasteiger partial charge in [0.2, 0.25) is 0 Å². The Morgan fingerprint density at radius 3 is 2.21 bits per heavy atom. The van der Waals surface area contributed by atoms with Crippen molar-refractivity contribution in [3.05, 3.63) is 79.3 Å². The number of ether oxygens (including phenoxy) is 2. The number of pyridine rings is 1. The number of benzene rings is 2. The quantitative estimate of drug-likeness (QED) is 0.206. The Hall–Kier alpha value is -4.07. The molecular formula is C26H30N6O2. The fourth-order valence-electron chi connectivity index (χ4n) is 3.18. The molecule has 0 atom stereocenters.